The summed E-state index contributed by atoms with van der Waals surface area (Å²) in [4.78, 5) is 5.10. The third-order valence-electron chi connectivity index (χ3n) is 15.1. The number of pyridine rings is 1. The molecular formula is C69H56N4O. The van der Waals surface area contributed by atoms with Gasteiger partial charge in [-0.1, -0.05) is 193 Å². The van der Waals surface area contributed by atoms with Crippen molar-refractivity contribution < 1.29 is 9.30 Å². The number of nitrogens with zero attached hydrogens (tertiary/aromatic N) is 4. The molecule has 74 heavy (non-hydrogen) atoms. The van der Waals surface area contributed by atoms with E-state index in [0.717, 1.165) is 78.4 Å². The number of imidazole rings is 1. The molecule has 5 nitrogen and oxygen atoms in total. The van der Waals surface area contributed by atoms with E-state index in [0.29, 0.717) is 17.8 Å². The van der Waals surface area contributed by atoms with Crippen LogP contribution in [0.5, 0.6) is 11.5 Å². The minimum atomic E-state index is 0.358. The highest BCUT2D eigenvalue weighted by molar-refractivity contribution is 6.09. The van der Waals surface area contributed by atoms with Crippen molar-refractivity contribution in [2.45, 2.75) is 59.3 Å². The number of benzene rings is 9. The molecule has 1 aliphatic rings. The average Bonchev–Trinajstić information content (AvgIpc) is 3.99. The Hall–Kier alpha value is -8.80. The Bertz CT molecular complexity index is 4120. The second kappa shape index (κ2) is 18.0. The van der Waals surface area contributed by atoms with Crippen molar-refractivity contribution in [3.05, 3.63) is 235 Å². The van der Waals surface area contributed by atoms with Gasteiger partial charge in [-0.2, -0.15) is 0 Å². The van der Waals surface area contributed by atoms with Gasteiger partial charge >= 0.3 is 0 Å². The second-order valence-electron chi connectivity index (χ2n) is 20.7. The van der Waals surface area contributed by atoms with Crippen molar-refractivity contribution in [3.8, 4) is 84.3 Å². The topological polar surface area (TPSA) is 35.9 Å². The van der Waals surface area contributed by atoms with Gasteiger partial charge in [0.25, 0.3) is 6.33 Å². The first-order chi connectivity index (χ1) is 36.2. The molecule has 3 aromatic heterocycles. The molecule has 0 fully saturated rings. The molecule has 0 aliphatic carbocycles. The minimum Gasteiger partial charge on any atom is -0.458 e. The number of rotatable bonds is 9. The SMILES string of the molecule is CC(C)c1cc(C(C)C)c(-c2ccnc(-n3c4ccccc4c4ccc(Oc5cccc(-n6[c-][n+]7c8c(cccc86)-c6ccccc6-c6ccccc6-c6cccc(-c8ccccc8)c6-7)c5)cc43)c2)c(C(C)C)c1. The van der Waals surface area contributed by atoms with Crippen LogP contribution >= 0.6 is 0 Å². The standard InChI is InChI=1S/C69H56N4O/c1-43(2)48-37-61(44(3)4)67(62(38-48)45(5)6)47-35-36-70-66(39-47)73-63-31-15-14-27-57(63)58-34-33-51(41-65(58)73)74-50-22-16-21-49(40-50)71-42-72-68-52(46-19-8-7-9-20-46)28-17-29-59(68)55-25-12-10-23-53(55)54-24-11-13-26-56(54)60-30-18-32-64(71)69(60)72/h7-41,43-45H,1-6H3. The molecule has 12 aromatic rings. The van der Waals surface area contributed by atoms with E-state index in [4.69, 9.17) is 9.72 Å². The van der Waals surface area contributed by atoms with E-state index in [2.05, 4.69) is 262 Å². The van der Waals surface area contributed by atoms with Gasteiger partial charge in [0.05, 0.1) is 33.4 Å². The molecule has 0 atom stereocenters. The van der Waals surface area contributed by atoms with Gasteiger partial charge in [-0.25, -0.2) is 4.98 Å². The van der Waals surface area contributed by atoms with Gasteiger partial charge in [0, 0.05) is 23.0 Å². The molecule has 13 rings (SSSR count). The highest BCUT2D eigenvalue weighted by Gasteiger charge is 2.27. The summed E-state index contributed by atoms with van der Waals surface area (Å²) >= 11 is 0. The van der Waals surface area contributed by atoms with E-state index in [1.807, 2.05) is 12.3 Å². The zero-order chi connectivity index (χ0) is 50.2. The van der Waals surface area contributed by atoms with Crippen LogP contribution in [0.25, 0.3) is 106 Å². The molecule has 0 unspecified atom stereocenters. The smallest absolute Gasteiger partial charge is 0.269 e. The summed E-state index contributed by atoms with van der Waals surface area (Å²) in [6.45, 7) is 13.8. The Morgan fingerprint density at radius 3 is 1.76 bits per heavy atom. The molecule has 0 radical (unpaired) electrons. The predicted molar refractivity (Wildman–Crippen MR) is 305 cm³/mol. The van der Waals surface area contributed by atoms with Crippen molar-refractivity contribution in [1.29, 1.82) is 0 Å². The van der Waals surface area contributed by atoms with Crippen molar-refractivity contribution in [2.75, 3.05) is 0 Å². The van der Waals surface area contributed by atoms with Gasteiger partial charge in [-0.3, -0.25) is 13.7 Å². The first-order valence-electron chi connectivity index (χ1n) is 26.0. The molecule has 0 N–H and O–H groups in total. The van der Waals surface area contributed by atoms with E-state index in [9.17, 15) is 0 Å². The highest BCUT2D eigenvalue weighted by Crippen LogP contribution is 2.46. The lowest BCUT2D eigenvalue weighted by molar-refractivity contribution is -0.570. The van der Waals surface area contributed by atoms with Crippen LogP contribution < -0.4 is 9.30 Å². The molecule has 9 aromatic carbocycles. The Morgan fingerprint density at radius 2 is 1.03 bits per heavy atom. The number of para-hydroxylation sites is 3. The van der Waals surface area contributed by atoms with Crippen LogP contribution in [0.15, 0.2) is 212 Å². The molecule has 4 heterocycles. The highest BCUT2D eigenvalue weighted by atomic mass is 16.5. The quantitative estimate of drug-likeness (QED) is 0.107. The van der Waals surface area contributed by atoms with Gasteiger partial charge in [-0.15, -0.1) is 0 Å². The predicted octanol–water partition coefficient (Wildman–Crippen LogP) is 18.0. The zero-order valence-electron chi connectivity index (χ0n) is 42.6. The maximum atomic E-state index is 6.93. The van der Waals surface area contributed by atoms with E-state index in [1.54, 1.807) is 0 Å². The fourth-order valence-corrected chi connectivity index (χ4v) is 11.6. The summed E-state index contributed by atoms with van der Waals surface area (Å²) in [5, 5.41) is 2.31. The maximum absolute atomic E-state index is 6.93. The lowest BCUT2D eigenvalue weighted by Gasteiger charge is -2.23. The third kappa shape index (κ3) is 7.45. The van der Waals surface area contributed by atoms with Crippen molar-refractivity contribution in [3.63, 3.8) is 0 Å². The number of aromatic nitrogens is 4. The average molecular weight is 957 g/mol. The molecule has 358 valence electrons. The van der Waals surface area contributed by atoms with Crippen molar-refractivity contribution in [1.82, 2.24) is 14.1 Å². The summed E-state index contributed by atoms with van der Waals surface area (Å²) < 4.78 is 13.7. The van der Waals surface area contributed by atoms with Crippen LogP contribution in [-0.4, -0.2) is 14.1 Å². The Balaban J connectivity index is 0.950. The van der Waals surface area contributed by atoms with Crippen LogP contribution in [-0.2, 0) is 0 Å². The molecule has 0 spiro atoms. The zero-order valence-corrected chi connectivity index (χ0v) is 42.6. The third-order valence-corrected chi connectivity index (χ3v) is 15.1. The summed E-state index contributed by atoms with van der Waals surface area (Å²) in [6.07, 6.45) is 5.91. The fraction of sp³-hybridized carbons (Fsp3) is 0.130. The van der Waals surface area contributed by atoms with Crippen molar-refractivity contribution >= 4 is 32.8 Å². The normalized spacial score (nSPS) is 12.0. The molecule has 0 saturated carbocycles. The van der Waals surface area contributed by atoms with Crippen LogP contribution in [0.2, 0.25) is 0 Å². The lowest BCUT2D eigenvalue weighted by Crippen LogP contribution is -2.32. The number of hydrogen-bond acceptors (Lipinski definition) is 2. The van der Waals surface area contributed by atoms with E-state index < -0.39 is 0 Å². The monoisotopic (exact) mass is 956 g/mol. The summed E-state index contributed by atoms with van der Waals surface area (Å²) in [7, 11) is 0. The first kappa shape index (κ1) is 45.1. The van der Waals surface area contributed by atoms with Crippen LogP contribution in [0.1, 0.15) is 76.0 Å². The van der Waals surface area contributed by atoms with Gasteiger partial charge < -0.3 is 4.74 Å². The van der Waals surface area contributed by atoms with Gasteiger partial charge in [0.1, 0.15) is 17.3 Å². The van der Waals surface area contributed by atoms with Gasteiger partial charge in [0.2, 0.25) is 0 Å². The van der Waals surface area contributed by atoms with Crippen LogP contribution in [0.3, 0.4) is 0 Å². The first-order valence-corrected chi connectivity index (χ1v) is 26.0. The largest absolute Gasteiger partial charge is 0.458 e. The van der Waals surface area contributed by atoms with E-state index in [1.165, 1.54) is 55.5 Å². The number of ether oxygens (including phenoxy) is 1. The summed E-state index contributed by atoms with van der Waals surface area (Å²) in [5.41, 5.74) is 22.2. The van der Waals surface area contributed by atoms with Crippen LogP contribution in [0, 0.1) is 6.33 Å². The van der Waals surface area contributed by atoms with Crippen LogP contribution in [0.4, 0.5) is 0 Å². The molecule has 5 heteroatoms. The molecule has 0 bridgehead atoms. The number of fused-ring (bicyclic) bond motifs is 10. The van der Waals surface area contributed by atoms with Gasteiger partial charge in [0.15, 0.2) is 0 Å². The summed E-state index contributed by atoms with van der Waals surface area (Å²) in [6, 6.07) is 74.4. The van der Waals surface area contributed by atoms with Gasteiger partial charge in [-0.05, 0) is 139 Å². The molecule has 0 saturated heterocycles. The second-order valence-corrected chi connectivity index (χ2v) is 20.7. The minimum absolute atomic E-state index is 0.358. The Labute approximate surface area is 433 Å². The number of hydrogen-bond donors (Lipinski definition) is 0. The molecule has 0 amide bonds. The van der Waals surface area contributed by atoms with E-state index >= 15 is 0 Å². The lowest BCUT2D eigenvalue weighted by atomic mass is 9.82. The molecular weight excluding hydrogens is 901 g/mol. The van der Waals surface area contributed by atoms with Crippen molar-refractivity contribution in [2.24, 2.45) is 0 Å². The fourth-order valence-electron chi connectivity index (χ4n) is 11.6. The Morgan fingerprint density at radius 1 is 0.446 bits per heavy atom. The maximum Gasteiger partial charge on any atom is 0.269 e. The summed E-state index contributed by atoms with van der Waals surface area (Å²) in [5.74, 6) is 3.49. The molecule has 1 aliphatic heterocycles. The Kier molecular flexibility index (Phi) is 11.0. The van der Waals surface area contributed by atoms with E-state index in [-0.39, 0.29) is 0 Å².